The van der Waals surface area contributed by atoms with Crippen LogP contribution in [0.1, 0.15) is 27.2 Å². The van der Waals surface area contributed by atoms with Gasteiger partial charge in [-0.3, -0.25) is 9.59 Å². The lowest BCUT2D eigenvalue weighted by Gasteiger charge is -2.22. The van der Waals surface area contributed by atoms with E-state index in [0.717, 1.165) is 11.0 Å². The van der Waals surface area contributed by atoms with E-state index in [1.807, 2.05) is 24.3 Å². The van der Waals surface area contributed by atoms with E-state index in [1.54, 1.807) is 25.3 Å². The summed E-state index contributed by atoms with van der Waals surface area (Å²) in [6.07, 6.45) is 0.413. The van der Waals surface area contributed by atoms with Crippen molar-refractivity contribution in [2.45, 2.75) is 50.5 Å². The number of benzene rings is 1. The largest absolute Gasteiger partial charge is 0.480 e. The summed E-state index contributed by atoms with van der Waals surface area (Å²) in [5.41, 5.74) is 6.81. The number of esters is 1. The summed E-state index contributed by atoms with van der Waals surface area (Å²) >= 11 is 1.38. The molecule has 8 heteroatoms. The minimum atomic E-state index is -0.935. The molecule has 1 aromatic heterocycles. The van der Waals surface area contributed by atoms with Crippen LogP contribution in [0.2, 0.25) is 0 Å². The molecule has 0 radical (unpaired) electrons. The van der Waals surface area contributed by atoms with Gasteiger partial charge in [-0.25, -0.2) is 4.98 Å². The SMILES string of the molecule is CC(C)(C)OC(=O)C(N)CCSc1nc2ccccc2n1CC(=O)O. The van der Waals surface area contributed by atoms with E-state index in [2.05, 4.69) is 4.98 Å². The topological polar surface area (TPSA) is 107 Å². The molecule has 7 nitrogen and oxygen atoms in total. The Morgan fingerprint density at radius 3 is 2.68 bits per heavy atom. The van der Waals surface area contributed by atoms with Crippen molar-refractivity contribution in [3.8, 4) is 0 Å². The third-order valence-corrected chi connectivity index (χ3v) is 4.29. The van der Waals surface area contributed by atoms with Gasteiger partial charge in [0.25, 0.3) is 0 Å². The standard InChI is InChI=1S/C17H23N3O4S/c1-17(2,3)24-15(23)11(18)8-9-25-16-19-12-6-4-5-7-13(12)20(16)10-14(21)22/h4-7,11H,8-10,18H2,1-3H3,(H,21,22). The van der Waals surface area contributed by atoms with Crippen molar-refractivity contribution in [1.82, 2.24) is 9.55 Å². The maximum atomic E-state index is 11.9. The minimum Gasteiger partial charge on any atom is -0.480 e. The molecule has 0 saturated heterocycles. The molecule has 1 heterocycles. The minimum absolute atomic E-state index is 0.166. The number of imidazole rings is 1. The maximum absolute atomic E-state index is 11.9. The molecule has 0 spiro atoms. The van der Waals surface area contributed by atoms with Crippen molar-refractivity contribution in [3.63, 3.8) is 0 Å². The number of nitrogens with two attached hydrogens (primary N) is 1. The van der Waals surface area contributed by atoms with Crippen molar-refractivity contribution in [3.05, 3.63) is 24.3 Å². The van der Waals surface area contributed by atoms with Crippen LogP contribution in [0, 0.1) is 0 Å². The van der Waals surface area contributed by atoms with Gasteiger partial charge in [0.1, 0.15) is 18.2 Å². The Kier molecular flexibility index (Phi) is 6.07. The Balaban J connectivity index is 2.03. The summed E-state index contributed by atoms with van der Waals surface area (Å²) in [7, 11) is 0. The summed E-state index contributed by atoms with van der Waals surface area (Å²) in [4.78, 5) is 27.5. The normalized spacial score (nSPS) is 13.0. The number of carboxylic acid groups (broad SMARTS) is 1. The van der Waals surface area contributed by atoms with Crippen LogP contribution in [0.5, 0.6) is 0 Å². The second-order valence-electron chi connectivity index (χ2n) is 6.64. The number of hydrogen-bond acceptors (Lipinski definition) is 6. The molecule has 1 aromatic carbocycles. The Morgan fingerprint density at radius 1 is 1.36 bits per heavy atom. The van der Waals surface area contributed by atoms with Gasteiger partial charge in [0.05, 0.1) is 11.0 Å². The van der Waals surface area contributed by atoms with Crippen LogP contribution in [0.3, 0.4) is 0 Å². The van der Waals surface area contributed by atoms with Gasteiger partial charge in [0.15, 0.2) is 5.16 Å². The number of thioether (sulfide) groups is 1. The number of para-hydroxylation sites is 2. The molecular weight excluding hydrogens is 342 g/mol. The quantitative estimate of drug-likeness (QED) is 0.572. The average Bonchev–Trinajstić information content (AvgIpc) is 2.83. The lowest BCUT2D eigenvalue weighted by atomic mass is 10.2. The van der Waals surface area contributed by atoms with Crippen LogP contribution in [0.25, 0.3) is 11.0 Å². The molecular formula is C17H23N3O4S. The van der Waals surface area contributed by atoms with Gasteiger partial charge in [-0.1, -0.05) is 23.9 Å². The van der Waals surface area contributed by atoms with Gasteiger partial charge in [0.2, 0.25) is 0 Å². The third-order valence-electron chi connectivity index (χ3n) is 3.28. The van der Waals surface area contributed by atoms with E-state index in [1.165, 1.54) is 11.8 Å². The molecule has 0 aliphatic heterocycles. The second kappa shape index (κ2) is 7.88. The molecule has 0 saturated carbocycles. The fraction of sp³-hybridized carbons (Fsp3) is 0.471. The number of carboxylic acids is 1. The summed E-state index contributed by atoms with van der Waals surface area (Å²) in [5, 5.41) is 9.72. The van der Waals surface area contributed by atoms with Crippen LogP contribution in [0.4, 0.5) is 0 Å². The van der Waals surface area contributed by atoms with Gasteiger partial charge in [-0.2, -0.15) is 0 Å². The van der Waals surface area contributed by atoms with Crippen molar-refractivity contribution in [1.29, 1.82) is 0 Å². The molecule has 0 bridgehead atoms. The zero-order valence-electron chi connectivity index (χ0n) is 14.6. The van der Waals surface area contributed by atoms with E-state index in [9.17, 15) is 9.59 Å². The lowest BCUT2D eigenvalue weighted by molar-refractivity contribution is -0.156. The van der Waals surface area contributed by atoms with E-state index < -0.39 is 23.6 Å². The average molecular weight is 365 g/mol. The molecule has 2 rings (SSSR count). The van der Waals surface area contributed by atoms with Gasteiger partial charge in [-0.05, 0) is 39.3 Å². The molecule has 136 valence electrons. The number of aliphatic carboxylic acids is 1. The third kappa shape index (κ3) is 5.47. The molecule has 1 atom stereocenters. The number of fused-ring (bicyclic) bond motifs is 1. The summed E-state index contributed by atoms with van der Waals surface area (Å²) in [6.45, 7) is 5.21. The highest BCUT2D eigenvalue weighted by Crippen LogP contribution is 2.25. The number of carbonyl (C=O) groups excluding carboxylic acids is 1. The van der Waals surface area contributed by atoms with Crippen molar-refractivity contribution in [2.75, 3.05) is 5.75 Å². The number of rotatable bonds is 7. The summed E-state index contributed by atoms with van der Waals surface area (Å²) in [6, 6.07) is 6.65. The number of ether oxygens (including phenoxy) is 1. The number of aromatic nitrogens is 2. The zero-order valence-corrected chi connectivity index (χ0v) is 15.4. The van der Waals surface area contributed by atoms with Gasteiger partial charge < -0.3 is 20.1 Å². The van der Waals surface area contributed by atoms with Crippen LogP contribution in [0.15, 0.2) is 29.4 Å². The van der Waals surface area contributed by atoms with Gasteiger partial charge >= 0.3 is 11.9 Å². The Labute approximate surface area is 150 Å². The predicted molar refractivity (Wildman–Crippen MR) is 96.5 cm³/mol. The summed E-state index contributed by atoms with van der Waals surface area (Å²) in [5.74, 6) is -0.841. The first-order valence-corrected chi connectivity index (χ1v) is 8.94. The first-order chi connectivity index (χ1) is 11.7. The van der Waals surface area contributed by atoms with Crippen LogP contribution >= 0.6 is 11.8 Å². The number of hydrogen-bond donors (Lipinski definition) is 2. The molecule has 0 amide bonds. The van der Waals surface area contributed by atoms with E-state index >= 15 is 0 Å². The van der Waals surface area contributed by atoms with Crippen molar-refractivity contribution in [2.24, 2.45) is 5.73 Å². The van der Waals surface area contributed by atoms with Gasteiger partial charge in [-0.15, -0.1) is 0 Å². The first kappa shape index (κ1) is 19.3. The van der Waals surface area contributed by atoms with Crippen LogP contribution in [-0.4, -0.2) is 44.0 Å². The lowest BCUT2D eigenvalue weighted by Crippen LogP contribution is -2.37. The van der Waals surface area contributed by atoms with E-state index in [4.69, 9.17) is 15.6 Å². The van der Waals surface area contributed by atoms with Crippen molar-refractivity contribution >= 4 is 34.7 Å². The number of carbonyl (C=O) groups is 2. The Bertz CT molecular complexity index is 767. The highest BCUT2D eigenvalue weighted by molar-refractivity contribution is 7.99. The first-order valence-electron chi connectivity index (χ1n) is 7.95. The molecule has 3 N–H and O–H groups in total. The van der Waals surface area contributed by atoms with Gasteiger partial charge in [0, 0.05) is 5.75 Å². The van der Waals surface area contributed by atoms with Crippen molar-refractivity contribution < 1.29 is 19.4 Å². The molecule has 0 aliphatic rings. The predicted octanol–water partition coefficient (Wildman–Crippen LogP) is 2.27. The smallest absolute Gasteiger partial charge is 0.323 e. The Hall–Kier alpha value is -2.06. The molecule has 2 aromatic rings. The molecule has 25 heavy (non-hydrogen) atoms. The second-order valence-corrected chi connectivity index (χ2v) is 7.70. The van der Waals surface area contributed by atoms with Crippen LogP contribution in [-0.2, 0) is 20.9 Å². The zero-order chi connectivity index (χ0) is 18.6. The van der Waals surface area contributed by atoms with E-state index in [0.29, 0.717) is 17.3 Å². The fourth-order valence-corrected chi connectivity index (χ4v) is 3.26. The molecule has 0 fully saturated rings. The highest BCUT2D eigenvalue weighted by Gasteiger charge is 2.22. The molecule has 1 unspecified atom stereocenters. The Morgan fingerprint density at radius 2 is 2.04 bits per heavy atom. The highest BCUT2D eigenvalue weighted by atomic mass is 32.2. The van der Waals surface area contributed by atoms with E-state index in [-0.39, 0.29) is 6.54 Å². The molecule has 0 aliphatic carbocycles. The van der Waals surface area contributed by atoms with Crippen LogP contribution < -0.4 is 5.73 Å². The summed E-state index contributed by atoms with van der Waals surface area (Å²) < 4.78 is 6.91. The number of nitrogens with zero attached hydrogens (tertiary/aromatic N) is 2. The monoisotopic (exact) mass is 365 g/mol. The fourth-order valence-electron chi connectivity index (χ4n) is 2.22. The maximum Gasteiger partial charge on any atom is 0.323 e.